The van der Waals surface area contributed by atoms with E-state index in [0.717, 1.165) is 16.7 Å². The number of hydrogen-bond acceptors (Lipinski definition) is 4. The normalized spacial score (nSPS) is 17.7. The average Bonchev–Trinajstić information content (AvgIpc) is 3.25. The Morgan fingerprint density at radius 2 is 1.82 bits per heavy atom. The van der Waals surface area contributed by atoms with E-state index in [1.807, 2.05) is 38.1 Å². The largest absolute Gasteiger partial charge is 0.356 e. The first kappa shape index (κ1) is 22.6. The third-order valence-corrected chi connectivity index (χ3v) is 6.37. The van der Waals surface area contributed by atoms with Crippen LogP contribution in [0.5, 0.6) is 0 Å². The number of likely N-dealkylation sites (tertiary alicyclic amines) is 1. The van der Waals surface area contributed by atoms with Gasteiger partial charge in [0.05, 0.1) is 16.7 Å². The predicted molar refractivity (Wildman–Crippen MR) is 129 cm³/mol. The Morgan fingerprint density at radius 1 is 1.06 bits per heavy atom. The summed E-state index contributed by atoms with van der Waals surface area (Å²) in [5.74, 6) is 0.527. The minimum Gasteiger partial charge on any atom is -0.356 e. The molecule has 2 amide bonds. The molecule has 0 saturated carbocycles. The molecule has 6 heteroatoms. The molecule has 2 aromatic carbocycles. The Bertz CT molecular complexity index is 1160. The van der Waals surface area contributed by atoms with E-state index in [2.05, 4.69) is 45.6 Å². The lowest BCUT2D eigenvalue weighted by Gasteiger charge is -2.28. The van der Waals surface area contributed by atoms with Crippen molar-refractivity contribution in [2.45, 2.75) is 33.6 Å². The van der Waals surface area contributed by atoms with E-state index in [-0.39, 0.29) is 11.8 Å². The Balaban J connectivity index is 1.60. The Hall–Kier alpha value is -3.54. The monoisotopic (exact) mass is 442 g/mol. The van der Waals surface area contributed by atoms with Gasteiger partial charge in [-0.25, -0.2) is 9.97 Å². The average molecular weight is 443 g/mol. The second-order valence-corrected chi connectivity index (χ2v) is 8.78. The highest BCUT2D eigenvalue weighted by molar-refractivity contribution is 5.96. The van der Waals surface area contributed by atoms with Gasteiger partial charge in [0.25, 0.3) is 5.91 Å². The predicted octanol–water partition coefficient (Wildman–Crippen LogP) is 3.97. The van der Waals surface area contributed by atoms with Crippen molar-refractivity contribution in [1.29, 1.82) is 0 Å². The highest BCUT2D eigenvalue weighted by atomic mass is 16.2. The van der Waals surface area contributed by atoms with Crippen molar-refractivity contribution in [2.75, 3.05) is 19.6 Å². The van der Waals surface area contributed by atoms with E-state index in [9.17, 15) is 9.59 Å². The molecule has 4 rings (SSSR count). The highest BCUT2D eigenvalue weighted by Gasteiger charge is 2.46. The van der Waals surface area contributed by atoms with Crippen LogP contribution >= 0.6 is 0 Å². The van der Waals surface area contributed by atoms with E-state index >= 15 is 0 Å². The standard InChI is InChI=1S/C27H30N4O2/c1-4-28-26(33)27(16-21-9-8-12-23(15-21)22-10-6-5-7-11-22)13-14-31(18-27)25(32)24-17-29-20(3)30-19(24)2/h5-12,15,17H,4,13-14,16,18H2,1-3H3,(H,28,33)/t27-/m1/s1. The van der Waals surface area contributed by atoms with Gasteiger partial charge in [-0.2, -0.15) is 0 Å². The van der Waals surface area contributed by atoms with Gasteiger partial charge < -0.3 is 10.2 Å². The second-order valence-electron chi connectivity index (χ2n) is 8.78. The summed E-state index contributed by atoms with van der Waals surface area (Å²) in [5.41, 5.74) is 3.85. The quantitative estimate of drug-likeness (QED) is 0.627. The first-order valence-electron chi connectivity index (χ1n) is 11.4. The summed E-state index contributed by atoms with van der Waals surface area (Å²) in [7, 11) is 0. The number of nitrogens with one attached hydrogen (secondary N) is 1. The molecule has 0 aliphatic carbocycles. The summed E-state index contributed by atoms with van der Waals surface area (Å²) in [6.45, 7) is 7.02. The number of amides is 2. The number of aryl methyl sites for hydroxylation is 2. The summed E-state index contributed by atoms with van der Waals surface area (Å²) in [4.78, 5) is 36.8. The molecule has 3 aromatic rings. The summed E-state index contributed by atoms with van der Waals surface area (Å²) in [5, 5.41) is 3.01. The van der Waals surface area contributed by atoms with Gasteiger partial charge in [0.2, 0.25) is 5.91 Å². The smallest absolute Gasteiger partial charge is 0.257 e. The molecule has 0 unspecified atom stereocenters. The third kappa shape index (κ3) is 4.80. The summed E-state index contributed by atoms with van der Waals surface area (Å²) >= 11 is 0. The highest BCUT2D eigenvalue weighted by Crippen LogP contribution is 2.36. The van der Waals surface area contributed by atoms with Crippen molar-refractivity contribution >= 4 is 11.8 Å². The molecule has 0 bridgehead atoms. The van der Waals surface area contributed by atoms with Crippen LogP contribution in [0, 0.1) is 19.3 Å². The number of hydrogen-bond donors (Lipinski definition) is 1. The third-order valence-electron chi connectivity index (χ3n) is 6.37. The minimum atomic E-state index is -0.666. The number of carbonyl (C=O) groups excluding carboxylic acids is 2. The first-order chi connectivity index (χ1) is 15.9. The van der Waals surface area contributed by atoms with Crippen LogP contribution in [0.15, 0.2) is 60.8 Å². The van der Waals surface area contributed by atoms with Crippen molar-refractivity contribution in [3.05, 3.63) is 83.4 Å². The van der Waals surface area contributed by atoms with Gasteiger partial charge in [-0.3, -0.25) is 9.59 Å². The summed E-state index contributed by atoms with van der Waals surface area (Å²) < 4.78 is 0. The van der Waals surface area contributed by atoms with Gasteiger partial charge in [0.1, 0.15) is 5.82 Å². The number of carbonyl (C=O) groups is 2. The maximum absolute atomic E-state index is 13.3. The van der Waals surface area contributed by atoms with E-state index in [0.29, 0.717) is 49.6 Å². The topological polar surface area (TPSA) is 75.2 Å². The lowest BCUT2D eigenvalue weighted by Crippen LogP contribution is -2.45. The Kier molecular flexibility index (Phi) is 6.54. The minimum absolute atomic E-state index is 0.00212. The summed E-state index contributed by atoms with van der Waals surface area (Å²) in [6.07, 6.45) is 2.79. The van der Waals surface area contributed by atoms with E-state index in [1.54, 1.807) is 18.0 Å². The molecule has 1 aliphatic heterocycles. The molecule has 1 atom stereocenters. The van der Waals surface area contributed by atoms with Crippen LogP contribution in [0.2, 0.25) is 0 Å². The summed E-state index contributed by atoms with van der Waals surface area (Å²) in [6, 6.07) is 18.6. The maximum atomic E-state index is 13.3. The Morgan fingerprint density at radius 3 is 2.55 bits per heavy atom. The molecule has 1 N–H and O–H groups in total. The van der Waals surface area contributed by atoms with Gasteiger partial charge in [0, 0.05) is 25.8 Å². The fourth-order valence-electron chi connectivity index (χ4n) is 4.65. The van der Waals surface area contributed by atoms with E-state index < -0.39 is 5.41 Å². The zero-order valence-electron chi connectivity index (χ0n) is 19.5. The van der Waals surface area contributed by atoms with Gasteiger partial charge >= 0.3 is 0 Å². The van der Waals surface area contributed by atoms with Crippen molar-refractivity contribution < 1.29 is 9.59 Å². The van der Waals surface area contributed by atoms with Crippen molar-refractivity contribution in [2.24, 2.45) is 5.41 Å². The van der Waals surface area contributed by atoms with Crippen LogP contribution in [0.1, 0.15) is 40.8 Å². The van der Waals surface area contributed by atoms with Crippen molar-refractivity contribution in [3.8, 4) is 11.1 Å². The molecule has 0 spiro atoms. The molecular weight excluding hydrogens is 412 g/mol. The SMILES string of the molecule is CCNC(=O)[C@@]1(Cc2cccc(-c3ccccc3)c2)CCN(C(=O)c2cnc(C)nc2C)C1. The molecule has 6 nitrogen and oxygen atoms in total. The molecule has 170 valence electrons. The number of benzene rings is 2. The van der Waals surface area contributed by atoms with Crippen LogP contribution in [-0.2, 0) is 11.2 Å². The molecule has 33 heavy (non-hydrogen) atoms. The van der Waals surface area contributed by atoms with Crippen LogP contribution < -0.4 is 5.32 Å². The zero-order chi connectivity index (χ0) is 23.4. The lowest BCUT2D eigenvalue weighted by atomic mass is 9.79. The van der Waals surface area contributed by atoms with Crippen LogP contribution in [0.25, 0.3) is 11.1 Å². The number of nitrogens with zero attached hydrogens (tertiary/aromatic N) is 3. The second kappa shape index (κ2) is 9.53. The lowest BCUT2D eigenvalue weighted by molar-refractivity contribution is -0.130. The zero-order valence-corrected chi connectivity index (χ0v) is 19.5. The van der Waals surface area contributed by atoms with Crippen molar-refractivity contribution in [1.82, 2.24) is 20.2 Å². The van der Waals surface area contributed by atoms with E-state index in [1.165, 1.54) is 0 Å². The first-order valence-corrected chi connectivity index (χ1v) is 11.4. The molecule has 1 aromatic heterocycles. The number of rotatable bonds is 6. The maximum Gasteiger partial charge on any atom is 0.257 e. The fraction of sp³-hybridized carbons (Fsp3) is 0.333. The molecular formula is C27H30N4O2. The molecule has 1 fully saturated rings. The van der Waals surface area contributed by atoms with E-state index in [4.69, 9.17) is 0 Å². The van der Waals surface area contributed by atoms with Crippen LogP contribution in [-0.4, -0.2) is 46.3 Å². The number of aromatic nitrogens is 2. The van der Waals surface area contributed by atoms with Gasteiger partial charge in [0.15, 0.2) is 0 Å². The van der Waals surface area contributed by atoms with Gasteiger partial charge in [-0.1, -0.05) is 54.6 Å². The van der Waals surface area contributed by atoms with Gasteiger partial charge in [-0.05, 0) is 50.3 Å². The van der Waals surface area contributed by atoms with Gasteiger partial charge in [-0.15, -0.1) is 0 Å². The van der Waals surface area contributed by atoms with Crippen LogP contribution in [0.3, 0.4) is 0 Å². The Labute approximate surface area is 195 Å². The fourth-order valence-corrected chi connectivity index (χ4v) is 4.65. The molecule has 1 saturated heterocycles. The molecule has 1 aliphatic rings. The van der Waals surface area contributed by atoms with Crippen molar-refractivity contribution in [3.63, 3.8) is 0 Å². The molecule has 2 heterocycles. The molecule has 0 radical (unpaired) electrons. The van der Waals surface area contributed by atoms with Crippen LogP contribution in [0.4, 0.5) is 0 Å².